The fraction of sp³-hybridized carbons (Fsp3) is 0.200. The smallest absolute Gasteiger partial charge is 0.373 e. The normalized spacial score (nSPS) is 10.4. The average Bonchev–Trinajstić information content (AvgIpc) is 2.75. The molecule has 0 heterocycles. The van der Waals surface area contributed by atoms with E-state index in [2.05, 4.69) is 6.92 Å². The van der Waals surface area contributed by atoms with E-state index >= 15 is 0 Å². The molecule has 2 aromatic carbocycles. The van der Waals surface area contributed by atoms with E-state index in [0.29, 0.717) is 17.9 Å². The summed E-state index contributed by atoms with van der Waals surface area (Å²) in [6.07, 6.45) is 0.278. The number of rotatable bonds is 10. The number of hydrogen-bond acceptors (Lipinski definition) is 8. The summed E-state index contributed by atoms with van der Waals surface area (Å²) >= 11 is 0. The van der Waals surface area contributed by atoms with E-state index in [1.165, 1.54) is 38.5 Å². The topological polar surface area (TPSA) is 89.5 Å². The van der Waals surface area contributed by atoms with Gasteiger partial charge in [-0.2, -0.15) is 0 Å². The van der Waals surface area contributed by atoms with Gasteiger partial charge in [-0.1, -0.05) is 6.92 Å². The van der Waals surface area contributed by atoms with E-state index < -0.39 is 11.9 Å². The molecule has 0 aliphatic carbocycles. The Morgan fingerprint density at radius 2 is 1.11 bits per heavy atom. The summed E-state index contributed by atoms with van der Waals surface area (Å²) in [4.78, 5) is 43.1. The van der Waals surface area contributed by atoms with Crippen LogP contribution >= 0.6 is 0 Å². The van der Waals surface area contributed by atoms with Crippen LogP contribution in [-0.4, -0.2) is 26.2 Å². The monoisotopic (exact) mass is 388 g/mol. The van der Waals surface area contributed by atoms with Crippen LogP contribution < -0.4 is 9.47 Å². The Labute approximate surface area is 162 Å². The highest BCUT2D eigenvalue weighted by atomic mass is 17.3. The molecular weight excluding hydrogens is 368 g/mol. The molecule has 0 aliphatic heterocycles. The summed E-state index contributed by atoms with van der Waals surface area (Å²) in [6.45, 7) is 3.64. The van der Waals surface area contributed by atoms with Crippen molar-refractivity contribution in [2.45, 2.75) is 12.8 Å². The van der Waals surface area contributed by atoms with Crippen LogP contribution in [0.2, 0.25) is 0 Å². The largest absolute Gasteiger partial charge is 0.497 e. The summed E-state index contributed by atoms with van der Waals surface area (Å²) in [7, 11) is 3.03. The molecule has 8 nitrogen and oxygen atoms in total. The Balaban J connectivity index is 1.85. The lowest BCUT2D eigenvalue weighted by atomic mass is 10.2. The predicted octanol–water partition coefficient (Wildman–Crippen LogP) is 3.68. The molecule has 2 rings (SSSR count). The molecule has 0 atom stereocenters. The van der Waals surface area contributed by atoms with Crippen molar-refractivity contribution in [1.82, 2.24) is 0 Å². The molecule has 0 bridgehead atoms. The predicted molar refractivity (Wildman–Crippen MR) is 96.8 cm³/mol. The van der Waals surface area contributed by atoms with E-state index in [0.717, 1.165) is 0 Å². The van der Waals surface area contributed by atoms with Crippen molar-refractivity contribution in [3.63, 3.8) is 0 Å². The van der Waals surface area contributed by atoms with Gasteiger partial charge in [-0.15, -0.1) is 9.78 Å². The van der Waals surface area contributed by atoms with E-state index in [1.807, 2.05) is 0 Å². The Kier molecular flexibility index (Phi) is 8.26. The Morgan fingerprint density at radius 3 is 1.43 bits per heavy atom. The number of ether oxygens (including phenoxy) is 2. The highest BCUT2D eigenvalue weighted by Gasteiger charge is 2.21. The van der Waals surface area contributed by atoms with Gasteiger partial charge in [0.25, 0.3) is 0 Å². The number of benzene rings is 2. The van der Waals surface area contributed by atoms with Crippen molar-refractivity contribution in [2.24, 2.45) is 0 Å². The van der Waals surface area contributed by atoms with Crippen molar-refractivity contribution in [3.8, 4) is 11.5 Å². The van der Waals surface area contributed by atoms with Gasteiger partial charge >= 0.3 is 18.2 Å². The SMILES string of the molecule is [CH2]CC[C](OOC(=O)c1ccc(OC)cc1)OOC(=O)c1ccc(OC)cc1. The number of methoxy groups -OCH3 is 2. The molecular formula is C20H20O8. The zero-order valence-electron chi connectivity index (χ0n) is 15.5. The third-order valence-corrected chi connectivity index (χ3v) is 3.45. The minimum Gasteiger partial charge on any atom is -0.497 e. The maximum Gasteiger partial charge on any atom is 0.373 e. The summed E-state index contributed by atoms with van der Waals surface area (Å²) < 4.78 is 10.0. The van der Waals surface area contributed by atoms with Gasteiger partial charge in [-0.3, -0.25) is 9.78 Å². The molecule has 148 valence electrons. The maximum absolute atomic E-state index is 12.0. The van der Waals surface area contributed by atoms with Crippen LogP contribution in [0.25, 0.3) is 0 Å². The first kappa shape index (κ1) is 21.2. The highest BCUT2D eigenvalue weighted by Crippen LogP contribution is 2.18. The van der Waals surface area contributed by atoms with Crippen LogP contribution in [0.5, 0.6) is 11.5 Å². The number of carbonyl (C=O) groups is 2. The summed E-state index contributed by atoms with van der Waals surface area (Å²) in [5.74, 6) is -0.324. The molecule has 0 fully saturated rings. The lowest BCUT2D eigenvalue weighted by Gasteiger charge is -2.13. The van der Waals surface area contributed by atoms with E-state index in [-0.39, 0.29) is 23.8 Å². The molecule has 28 heavy (non-hydrogen) atoms. The first-order valence-electron chi connectivity index (χ1n) is 8.28. The third-order valence-electron chi connectivity index (χ3n) is 3.45. The third kappa shape index (κ3) is 6.26. The highest BCUT2D eigenvalue weighted by molar-refractivity contribution is 5.89. The zero-order valence-corrected chi connectivity index (χ0v) is 15.5. The summed E-state index contributed by atoms with van der Waals surface area (Å²) in [5, 5.41) is 0. The minimum atomic E-state index is -0.755. The van der Waals surface area contributed by atoms with Gasteiger partial charge in [0.1, 0.15) is 11.5 Å². The van der Waals surface area contributed by atoms with Crippen molar-refractivity contribution in [2.75, 3.05) is 14.2 Å². The van der Waals surface area contributed by atoms with E-state index in [4.69, 9.17) is 29.0 Å². The van der Waals surface area contributed by atoms with E-state index in [9.17, 15) is 9.59 Å². The second-order valence-electron chi connectivity index (χ2n) is 5.34. The van der Waals surface area contributed by atoms with Gasteiger partial charge in [-0.25, -0.2) is 9.59 Å². The van der Waals surface area contributed by atoms with Crippen LogP contribution in [0.3, 0.4) is 0 Å². The van der Waals surface area contributed by atoms with Crippen LogP contribution in [0.15, 0.2) is 48.5 Å². The second kappa shape index (κ2) is 10.9. The molecule has 8 heteroatoms. The number of hydrogen-bond donors (Lipinski definition) is 0. The first-order valence-corrected chi connectivity index (χ1v) is 8.28. The van der Waals surface area contributed by atoms with Crippen molar-refractivity contribution in [3.05, 3.63) is 72.9 Å². The average molecular weight is 388 g/mol. The van der Waals surface area contributed by atoms with Crippen LogP contribution in [0, 0.1) is 13.2 Å². The van der Waals surface area contributed by atoms with Gasteiger partial charge in [0.15, 0.2) is 0 Å². The van der Waals surface area contributed by atoms with Crippen LogP contribution in [0.1, 0.15) is 33.6 Å². The van der Waals surface area contributed by atoms with Gasteiger partial charge in [-0.05, 0) is 55.0 Å². The Morgan fingerprint density at radius 1 is 0.714 bits per heavy atom. The molecule has 0 spiro atoms. The van der Waals surface area contributed by atoms with Gasteiger partial charge < -0.3 is 9.47 Å². The van der Waals surface area contributed by atoms with Crippen molar-refractivity contribution < 1.29 is 38.6 Å². The molecule has 0 aliphatic rings. The second-order valence-corrected chi connectivity index (χ2v) is 5.34. The molecule has 2 aromatic rings. The van der Waals surface area contributed by atoms with Crippen molar-refractivity contribution >= 4 is 11.9 Å². The molecule has 0 aromatic heterocycles. The lowest BCUT2D eigenvalue weighted by Crippen LogP contribution is -2.16. The Hall–Kier alpha value is -3.10. The summed E-state index contributed by atoms with van der Waals surface area (Å²) in [6, 6.07) is 12.4. The number of carbonyl (C=O) groups excluding carboxylic acids is 2. The molecule has 0 saturated carbocycles. The van der Waals surface area contributed by atoms with Crippen molar-refractivity contribution in [1.29, 1.82) is 0 Å². The molecule has 0 N–H and O–H groups in total. The minimum absolute atomic E-state index is 0.145. The molecule has 0 saturated heterocycles. The summed E-state index contributed by atoms with van der Waals surface area (Å²) in [5.41, 5.74) is 0.481. The quantitative estimate of drug-likeness (QED) is 0.450. The van der Waals surface area contributed by atoms with Gasteiger partial charge in [0, 0.05) is 6.42 Å². The Bertz CT molecular complexity index is 691. The zero-order chi connectivity index (χ0) is 20.4. The molecule has 2 radical (unpaired) electrons. The maximum atomic E-state index is 12.0. The molecule has 0 unspecified atom stereocenters. The fourth-order valence-electron chi connectivity index (χ4n) is 1.96. The van der Waals surface area contributed by atoms with Crippen LogP contribution in [-0.2, 0) is 19.6 Å². The van der Waals surface area contributed by atoms with Gasteiger partial charge in [0.05, 0.1) is 25.3 Å². The van der Waals surface area contributed by atoms with E-state index in [1.54, 1.807) is 24.3 Å². The lowest BCUT2D eigenvalue weighted by molar-refractivity contribution is -0.363. The first-order chi connectivity index (χ1) is 13.6. The van der Waals surface area contributed by atoms with Crippen LogP contribution in [0.4, 0.5) is 0 Å². The molecule has 0 amide bonds. The van der Waals surface area contributed by atoms with Gasteiger partial charge in [0.2, 0.25) is 0 Å². The fourth-order valence-corrected chi connectivity index (χ4v) is 1.96. The standard InChI is InChI=1S/C20H20O8/c1-4-5-18(25-27-19(21)14-6-10-16(23-2)11-7-14)26-28-20(22)15-8-12-17(24-3)13-9-15/h6-13H,1,4-5H2,2-3H3.